The fraction of sp³-hybridized carbons (Fsp3) is 1.00. The van der Waals surface area contributed by atoms with Crippen molar-refractivity contribution in [3.8, 4) is 0 Å². The van der Waals surface area contributed by atoms with Gasteiger partial charge in [-0.1, -0.05) is 27.2 Å². The van der Waals surface area contributed by atoms with Crippen LogP contribution in [0.3, 0.4) is 0 Å². The monoisotopic (exact) mass is 221 g/mol. The van der Waals surface area contributed by atoms with Crippen molar-refractivity contribution in [2.45, 2.75) is 39.7 Å². The minimum atomic E-state index is -2.86. The van der Waals surface area contributed by atoms with Crippen molar-refractivity contribution < 1.29 is 8.42 Å². The van der Waals surface area contributed by atoms with Crippen LogP contribution in [0.2, 0.25) is 0 Å². The zero-order valence-corrected chi connectivity index (χ0v) is 10.5. The summed E-state index contributed by atoms with van der Waals surface area (Å²) in [4.78, 5) is 0. The van der Waals surface area contributed by atoms with Gasteiger partial charge in [0.2, 0.25) is 0 Å². The van der Waals surface area contributed by atoms with Gasteiger partial charge in [-0.15, -0.1) is 0 Å². The van der Waals surface area contributed by atoms with Gasteiger partial charge in [-0.2, -0.15) is 0 Å². The van der Waals surface area contributed by atoms with E-state index in [9.17, 15) is 8.42 Å². The van der Waals surface area contributed by atoms with Crippen molar-refractivity contribution in [3.63, 3.8) is 0 Å². The smallest absolute Gasteiger partial charge is 0.151 e. The Hall–Kier alpha value is -0.0900. The van der Waals surface area contributed by atoms with E-state index in [0.29, 0.717) is 18.1 Å². The minimum Gasteiger partial charge on any atom is -0.316 e. The summed E-state index contributed by atoms with van der Waals surface area (Å²) in [6.45, 7) is 6.07. The first kappa shape index (κ1) is 13.9. The second-order valence-corrected chi connectivity index (χ2v) is 6.12. The fourth-order valence-electron chi connectivity index (χ4n) is 1.48. The van der Waals surface area contributed by atoms with Crippen LogP contribution in [0.5, 0.6) is 0 Å². The van der Waals surface area contributed by atoms with Crippen LogP contribution in [-0.2, 0) is 9.84 Å². The molecule has 0 rings (SSSR count). The Morgan fingerprint density at radius 2 is 1.86 bits per heavy atom. The highest BCUT2D eigenvalue weighted by molar-refractivity contribution is 7.91. The molecule has 0 aromatic heterocycles. The van der Waals surface area contributed by atoms with Crippen molar-refractivity contribution in [1.82, 2.24) is 5.32 Å². The Balaban J connectivity index is 4.31. The van der Waals surface area contributed by atoms with Crippen LogP contribution in [0.15, 0.2) is 0 Å². The summed E-state index contributed by atoms with van der Waals surface area (Å²) in [6, 6.07) is 0.0940. The van der Waals surface area contributed by atoms with Crippen molar-refractivity contribution in [1.29, 1.82) is 0 Å². The van der Waals surface area contributed by atoms with Crippen molar-refractivity contribution in [3.05, 3.63) is 0 Å². The third-order valence-electron chi connectivity index (χ3n) is 2.65. The first-order chi connectivity index (χ1) is 6.46. The van der Waals surface area contributed by atoms with E-state index in [1.165, 1.54) is 0 Å². The molecular weight excluding hydrogens is 198 g/mol. The van der Waals surface area contributed by atoms with E-state index < -0.39 is 9.84 Å². The maximum atomic E-state index is 11.6. The lowest BCUT2D eigenvalue weighted by molar-refractivity contribution is 0.414. The van der Waals surface area contributed by atoms with Gasteiger partial charge >= 0.3 is 0 Å². The van der Waals surface area contributed by atoms with Gasteiger partial charge in [-0.3, -0.25) is 0 Å². The summed E-state index contributed by atoms with van der Waals surface area (Å²) in [6.07, 6.45) is 1.71. The molecule has 2 atom stereocenters. The Labute approximate surface area is 88.2 Å². The van der Waals surface area contributed by atoms with Gasteiger partial charge in [0.1, 0.15) is 0 Å². The molecule has 0 fully saturated rings. The van der Waals surface area contributed by atoms with Crippen LogP contribution < -0.4 is 5.32 Å². The SMILES string of the molecule is CCCS(=O)(=O)CC(NC)C(C)CC. The molecule has 0 aromatic rings. The van der Waals surface area contributed by atoms with Crippen molar-refractivity contribution >= 4 is 9.84 Å². The van der Waals surface area contributed by atoms with Crippen LogP contribution in [0.4, 0.5) is 0 Å². The highest BCUT2D eigenvalue weighted by Gasteiger charge is 2.21. The molecule has 86 valence electrons. The Morgan fingerprint density at radius 1 is 1.29 bits per heavy atom. The summed E-state index contributed by atoms with van der Waals surface area (Å²) in [5.41, 5.74) is 0. The van der Waals surface area contributed by atoms with Gasteiger partial charge in [0.05, 0.1) is 5.75 Å². The molecule has 0 aliphatic rings. The third kappa shape index (κ3) is 4.96. The molecule has 0 heterocycles. The van der Waals surface area contributed by atoms with Crippen molar-refractivity contribution in [2.24, 2.45) is 5.92 Å². The zero-order chi connectivity index (χ0) is 11.2. The van der Waals surface area contributed by atoms with E-state index in [1.54, 1.807) is 0 Å². The van der Waals surface area contributed by atoms with Gasteiger partial charge in [-0.25, -0.2) is 8.42 Å². The fourth-order valence-corrected chi connectivity index (χ4v) is 3.32. The number of hydrogen-bond donors (Lipinski definition) is 1. The summed E-state index contributed by atoms with van der Waals surface area (Å²) in [7, 11) is -1.03. The van der Waals surface area contributed by atoms with E-state index in [4.69, 9.17) is 0 Å². The van der Waals surface area contributed by atoms with Gasteiger partial charge in [0, 0.05) is 11.8 Å². The maximum Gasteiger partial charge on any atom is 0.151 e. The second-order valence-electron chi connectivity index (χ2n) is 3.90. The molecule has 0 amide bonds. The number of hydrogen-bond acceptors (Lipinski definition) is 3. The summed E-state index contributed by atoms with van der Waals surface area (Å²) in [5, 5.41) is 3.09. The van der Waals surface area contributed by atoms with Gasteiger partial charge < -0.3 is 5.32 Å². The zero-order valence-electron chi connectivity index (χ0n) is 9.71. The Kier molecular flexibility index (Phi) is 6.36. The lowest BCUT2D eigenvalue weighted by Crippen LogP contribution is -2.38. The van der Waals surface area contributed by atoms with Crippen LogP contribution in [-0.4, -0.2) is 33.0 Å². The van der Waals surface area contributed by atoms with Crippen LogP contribution >= 0.6 is 0 Å². The molecule has 0 aliphatic carbocycles. The number of rotatable bonds is 7. The topological polar surface area (TPSA) is 46.2 Å². The molecule has 0 saturated carbocycles. The Bertz CT molecular complexity index is 237. The predicted octanol–water partition coefficient (Wildman–Crippen LogP) is 1.45. The van der Waals surface area contributed by atoms with Crippen LogP contribution in [0.1, 0.15) is 33.6 Å². The molecule has 4 heteroatoms. The molecule has 0 saturated heterocycles. The first-order valence-electron chi connectivity index (χ1n) is 5.34. The molecule has 0 radical (unpaired) electrons. The first-order valence-corrected chi connectivity index (χ1v) is 7.16. The van der Waals surface area contributed by atoms with Crippen LogP contribution in [0.25, 0.3) is 0 Å². The van der Waals surface area contributed by atoms with E-state index >= 15 is 0 Å². The van der Waals surface area contributed by atoms with Gasteiger partial charge in [-0.05, 0) is 19.4 Å². The molecule has 1 N–H and O–H groups in total. The highest BCUT2D eigenvalue weighted by atomic mass is 32.2. The minimum absolute atomic E-state index is 0.0940. The van der Waals surface area contributed by atoms with E-state index in [1.807, 2.05) is 14.0 Å². The summed E-state index contributed by atoms with van der Waals surface area (Å²) < 4.78 is 23.2. The standard InChI is InChI=1S/C10H23NO2S/c1-5-7-14(12,13)8-10(11-4)9(3)6-2/h9-11H,5-8H2,1-4H3. The lowest BCUT2D eigenvalue weighted by atomic mass is 10.0. The predicted molar refractivity (Wildman–Crippen MR) is 61.2 cm³/mol. The highest BCUT2D eigenvalue weighted by Crippen LogP contribution is 2.10. The average Bonchev–Trinajstić information content (AvgIpc) is 2.13. The molecule has 0 aliphatic heterocycles. The molecule has 3 nitrogen and oxygen atoms in total. The number of nitrogens with one attached hydrogen (secondary N) is 1. The molecule has 0 bridgehead atoms. The molecule has 0 spiro atoms. The van der Waals surface area contributed by atoms with Crippen LogP contribution in [0, 0.1) is 5.92 Å². The van der Waals surface area contributed by atoms with E-state index in [2.05, 4.69) is 19.2 Å². The quantitative estimate of drug-likeness (QED) is 0.707. The second kappa shape index (κ2) is 6.40. The summed E-state index contributed by atoms with van der Waals surface area (Å²) >= 11 is 0. The number of sulfone groups is 1. The molecule has 0 aromatic carbocycles. The van der Waals surface area contributed by atoms with Gasteiger partial charge in [0.15, 0.2) is 9.84 Å². The molecule has 2 unspecified atom stereocenters. The summed E-state index contributed by atoms with van der Waals surface area (Å²) in [5.74, 6) is 0.986. The van der Waals surface area contributed by atoms with Gasteiger partial charge in [0.25, 0.3) is 0 Å². The van der Waals surface area contributed by atoms with E-state index in [-0.39, 0.29) is 11.8 Å². The maximum absolute atomic E-state index is 11.6. The van der Waals surface area contributed by atoms with Crippen molar-refractivity contribution in [2.75, 3.05) is 18.6 Å². The lowest BCUT2D eigenvalue weighted by Gasteiger charge is -2.22. The molecule has 14 heavy (non-hydrogen) atoms. The average molecular weight is 221 g/mol. The van der Waals surface area contributed by atoms with E-state index in [0.717, 1.165) is 6.42 Å². The Morgan fingerprint density at radius 3 is 2.21 bits per heavy atom. The largest absolute Gasteiger partial charge is 0.316 e. The molecular formula is C10H23NO2S. The normalized spacial score (nSPS) is 16.6. The third-order valence-corrected chi connectivity index (χ3v) is 4.55.